The van der Waals surface area contributed by atoms with Crippen molar-refractivity contribution < 1.29 is 19.0 Å². The third kappa shape index (κ3) is 4.08. The van der Waals surface area contributed by atoms with Crippen molar-refractivity contribution in [3.05, 3.63) is 59.7 Å². The molecule has 27 heavy (non-hydrogen) atoms. The van der Waals surface area contributed by atoms with Crippen molar-refractivity contribution in [1.29, 1.82) is 0 Å². The Hall–Kier alpha value is -2.95. The third-order valence-corrected chi connectivity index (χ3v) is 4.83. The van der Waals surface area contributed by atoms with Gasteiger partial charge in [0.25, 0.3) is 0 Å². The number of hydrogen-bond acceptors (Lipinski definition) is 4. The van der Waals surface area contributed by atoms with Gasteiger partial charge in [-0.2, -0.15) is 0 Å². The van der Waals surface area contributed by atoms with E-state index < -0.39 is 0 Å². The van der Waals surface area contributed by atoms with Crippen LogP contribution in [0.25, 0.3) is 6.08 Å². The van der Waals surface area contributed by atoms with E-state index in [9.17, 15) is 4.79 Å². The number of likely N-dealkylation sites (tertiary alicyclic amines) is 1. The van der Waals surface area contributed by atoms with Crippen molar-refractivity contribution in [3.8, 4) is 17.2 Å². The zero-order valence-electron chi connectivity index (χ0n) is 16.0. The van der Waals surface area contributed by atoms with Gasteiger partial charge in [0.1, 0.15) is 0 Å². The molecule has 0 spiro atoms. The standard InChI is InChI=1S/C22H25NO4/c1-25-19-14-16(15-20(26-2)22(19)27-3)11-12-21(24)23-13-7-10-18(23)17-8-5-4-6-9-17/h4-6,8-9,11-12,14-15,18H,7,10,13H2,1-3H3/b12-11+. The van der Waals surface area contributed by atoms with Crippen molar-refractivity contribution >= 4 is 12.0 Å². The lowest BCUT2D eigenvalue weighted by molar-refractivity contribution is -0.126. The van der Waals surface area contributed by atoms with Crippen LogP contribution in [-0.2, 0) is 4.79 Å². The summed E-state index contributed by atoms with van der Waals surface area (Å²) < 4.78 is 16.1. The Balaban J connectivity index is 1.80. The number of rotatable bonds is 6. The molecular weight excluding hydrogens is 342 g/mol. The molecule has 0 N–H and O–H groups in total. The third-order valence-electron chi connectivity index (χ3n) is 4.83. The molecule has 2 aromatic rings. The maximum atomic E-state index is 12.8. The van der Waals surface area contributed by atoms with E-state index in [4.69, 9.17) is 14.2 Å². The Morgan fingerprint density at radius 2 is 1.70 bits per heavy atom. The monoisotopic (exact) mass is 367 g/mol. The Kier molecular flexibility index (Phi) is 6.01. The molecule has 2 aromatic carbocycles. The minimum atomic E-state index is 0.00936. The van der Waals surface area contributed by atoms with Gasteiger partial charge in [-0.15, -0.1) is 0 Å². The minimum Gasteiger partial charge on any atom is -0.493 e. The van der Waals surface area contributed by atoms with Crippen LogP contribution in [-0.4, -0.2) is 38.7 Å². The van der Waals surface area contributed by atoms with E-state index in [1.807, 2.05) is 35.2 Å². The number of amides is 1. The molecule has 0 bridgehead atoms. The summed E-state index contributed by atoms with van der Waals surface area (Å²) in [4.78, 5) is 14.7. The van der Waals surface area contributed by atoms with E-state index in [1.54, 1.807) is 33.5 Å². The van der Waals surface area contributed by atoms with Crippen LogP contribution in [0.1, 0.15) is 30.0 Å². The lowest BCUT2D eigenvalue weighted by Gasteiger charge is -2.23. The van der Waals surface area contributed by atoms with Crippen LogP contribution < -0.4 is 14.2 Å². The highest BCUT2D eigenvalue weighted by molar-refractivity contribution is 5.92. The molecule has 3 rings (SSSR count). The molecule has 5 heteroatoms. The molecule has 1 fully saturated rings. The average molecular weight is 367 g/mol. The van der Waals surface area contributed by atoms with Crippen LogP contribution in [0, 0.1) is 0 Å². The van der Waals surface area contributed by atoms with Crippen molar-refractivity contribution in [3.63, 3.8) is 0 Å². The van der Waals surface area contributed by atoms with Crippen LogP contribution >= 0.6 is 0 Å². The van der Waals surface area contributed by atoms with Crippen molar-refractivity contribution in [2.45, 2.75) is 18.9 Å². The Morgan fingerprint density at radius 3 is 2.30 bits per heavy atom. The van der Waals surface area contributed by atoms with E-state index in [2.05, 4.69) is 12.1 Å². The second-order valence-corrected chi connectivity index (χ2v) is 6.39. The summed E-state index contributed by atoms with van der Waals surface area (Å²) in [6.45, 7) is 0.776. The molecular formula is C22H25NO4. The maximum absolute atomic E-state index is 12.8. The summed E-state index contributed by atoms with van der Waals surface area (Å²) in [5.41, 5.74) is 2.00. The predicted molar refractivity (Wildman–Crippen MR) is 105 cm³/mol. The second kappa shape index (κ2) is 8.62. The summed E-state index contributed by atoms with van der Waals surface area (Å²) >= 11 is 0. The van der Waals surface area contributed by atoms with Gasteiger partial charge < -0.3 is 19.1 Å². The average Bonchev–Trinajstić information content (AvgIpc) is 3.21. The summed E-state index contributed by atoms with van der Waals surface area (Å²) in [6, 6.07) is 14.0. The van der Waals surface area contributed by atoms with Gasteiger partial charge >= 0.3 is 0 Å². The van der Waals surface area contributed by atoms with Gasteiger partial charge in [0.05, 0.1) is 27.4 Å². The normalized spacial score (nSPS) is 16.6. The first-order valence-corrected chi connectivity index (χ1v) is 9.01. The number of hydrogen-bond donors (Lipinski definition) is 0. The zero-order valence-corrected chi connectivity index (χ0v) is 16.0. The number of carbonyl (C=O) groups is 1. The number of nitrogens with zero attached hydrogens (tertiary/aromatic N) is 1. The molecule has 1 amide bonds. The van der Waals surface area contributed by atoms with Gasteiger partial charge in [0.15, 0.2) is 11.5 Å². The van der Waals surface area contributed by atoms with Crippen LogP contribution in [0.15, 0.2) is 48.5 Å². The highest BCUT2D eigenvalue weighted by Gasteiger charge is 2.28. The molecule has 142 valence electrons. The van der Waals surface area contributed by atoms with E-state index in [0.29, 0.717) is 17.2 Å². The summed E-state index contributed by atoms with van der Waals surface area (Å²) in [5, 5.41) is 0. The first-order chi connectivity index (χ1) is 13.2. The molecule has 1 heterocycles. The van der Waals surface area contributed by atoms with Crippen LogP contribution in [0.3, 0.4) is 0 Å². The molecule has 0 saturated carbocycles. The van der Waals surface area contributed by atoms with Crippen molar-refractivity contribution in [1.82, 2.24) is 4.90 Å². The summed E-state index contributed by atoms with van der Waals surface area (Å²) in [6.07, 6.45) is 5.41. The van der Waals surface area contributed by atoms with E-state index in [0.717, 1.165) is 24.9 Å². The van der Waals surface area contributed by atoms with E-state index >= 15 is 0 Å². The molecule has 1 atom stereocenters. The lowest BCUT2D eigenvalue weighted by atomic mass is 10.0. The fourth-order valence-electron chi connectivity index (χ4n) is 3.51. The molecule has 1 aliphatic heterocycles. The highest BCUT2D eigenvalue weighted by atomic mass is 16.5. The SMILES string of the molecule is COc1cc(/C=C/C(=O)N2CCCC2c2ccccc2)cc(OC)c1OC. The van der Waals surface area contributed by atoms with Gasteiger partial charge in [-0.1, -0.05) is 30.3 Å². The molecule has 1 saturated heterocycles. The summed E-state index contributed by atoms with van der Waals surface area (Å²) in [7, 11) is 4.71. The molecule has 1 aliphatic rings. The molecule has 1 unspecified atom stereocenters. The van der Waals surface area contributed by atoms with Crippen LogP contribution in [0.2, 0.25) is 0 Å². The van der Waals surface area contributed by atoms with Gasteiger partial charge in [0.2, 0.25) is 11.7 Å². The minimum absolute atomic E-state index is 0.00936. The van der Waals surface area contributed by atoms with Gasteiger partial charge in [-0.3, -0.25) is 4.79 Å². The van der Waals surface area contributed by atoms with Crippen LogP contribution in [0.5, 0.6) is 17.2 Å². The van der Waals surface area contributed by atoms with Gasteiger partial charge in [-0.05, 0) is 42.2 Å². The first-order valence-electron chi connectivity index (χ1n) is 9.01. The zero-order chi connectivity index (χ0) is 19.2. The van der Waals surface area contributed by atoms with Crippen molar-refractivity contribution in [2.75, 3.05) is 27.9 Å². The Labute approximate surface area is 160 Å². The smallest absolute Gasteiger partial charge is 0.247 e. The first kappa shape index (κ1) is 18.8. The van der Waals surface area contributed by atoms with Gasteiger partial charge in [-0.25, -0.2) is 0 Å². The lowest BCUT2D eigenvalue weighted by Crippen LogP contribution is -2.28. The Morgan fingerprint density at radius 1 is 1.04 bits per heavy atom. The molecule has 5 nitrogen and oxygen atoms in total. The highest BCUT2D eigenvalue weighted by Crippen LogP contribution is 2.38. The fraction of sp³-hybridized carbons (Fsp3) is 0.318. The topological polar surface area (TPSA) is 48.0 Å². The summed E-state index contributed by atoms with van der Waals surface area (Å²) in [5.74, 6) is 1.67. The largest absolute Gasteiger partial charge is 0.493 e. The van der Waals surface area contributed by atoms with E-state index in [1.165, 1.54) is 5.56 Å². The number of benzene rings is 2. The quantitative estimate of drug-likeness (QED) is 0.722. The predicted octanol–water partition coefficient (Wildman–Crippen LogP) is 4.09. The number of ether oxygens (including phenoxy) is 3. The second-order valence-electron chi connectivity index (χ2n) is 6.39. The van der Waals surface area contributed by atoms with Gasteiger partial charge in [0, 0.05) is 12.6 Å². The fourth-order valence-corrected chi connectivity index (χ4v) is 3.51. The number of methoxy groups -OCH3 is 3. The van der Waals surface area contributed by atoms with Crippen LogP contribution in [0.4, 0.5) is 0 Å². The Bertz CT molecular complexity index is 791. The molecule has 0 aliphatic carbocycles. The maximum Gasteiger partial charge on any atom is 0.247 e. The molecule has 0 aromatic heterocycles. The van der Waals surface area contributed by atoms with Crippen molar-refractivity contribution in [2.24, 2.45) is 0 Å². The molecule has 0 radical (unpaired) electrons. The van der Waals surface area contributed by atoms with E-state index in [-0.39, 0.29) is 11.9 Å². The number of carbonyl (C=O) groups excluding carboxylic acids is 1.